The van der Waals surface area contributed by atoms with E-state index in [0.717, 1.165) is 16.3 Å². The third-order valence-electron chi connectivity index (χ3n) is 2.60. The van der Waals surface area contributed by atoms with Gasteiger partial charge < -0.3 is 9.47 Å². The molecule has 0 amide bonds. The zero-order valence-corrected chi connectivity index (χ0v) is 12.1. The van der Waals surface area contributed by atoms with Crippen molar-refractivity contribution in [2.75, 3.05) is 14.2 Å². The maximum Gasteiger partial charge on any atom is 0.201 e. The van der Waals surface area contributed by atoms with Crippen LogP contribution in [0.2, 0.25) is 5.02 Å². The van der Waals surface area contributed by atoms with Crippen molar-refractivity contribution >= 4 is 22.9 Å². The van der Waals surface area contributed by atoms with Gasteiger partial charge in [-0.25, -0.2) is 9.37 Å². The molecule has 6 heteroatoms. The molecule has 102 valence electrons. The Bertz CT molecular complexity index is 557. The monoisotopic (exact) mass is 301 g/mol. The number of benzene rings is 1. The Kier molecular flexibility index (Phi) is 4.87. The molecule has 0 saturated heterocycles. The Morgan fingerprint density at radius 1 is 1.37 bits per heavy atom. The van der Waals surface area contributed by atoms with E-state index >= 15 is 0 Å². The molecule has 0 aliphatic heterocycles. The molecule has 19 heavy (non-hydrogen) atoms. The first-order valence-corrected chi connectivity index (χ1v) is 6.83. The Morgan fingerprint density at radius 2 is 2.11 bits per heavy atom. The Hall–Kier alpha value is -1.01. The third kappa shape index (κ3) is 3.51. The molecule has 0 atom stereocenters. The van der Waals surface area contributed by atoms with Crippen molar-refractivity contribution in [2.24, 2.45) is 0 Å². The van der Waals surface area contributed by atoms with Crippen molar-refractivity contribution in [1.29, 1.82) is 0 Å². The number of hydrogen-bond donors (Lipinski definition) is 0. The fourth-order valence-corrected chi connectivity index (χ4v) is 2.73. The zero-order valence-electron chi connectivity index (χ0n) is 10.5. The average Bonchev–Trinajstić information content (AvgIpc) is 2.83. The van der Waals surface area contributed by atoms with E-state index in [1.165, 1.54) is 23.5 Å². The highest BCUT2D eigenvalue weighted by atomic mass is 35.5. The number of methoxy groups -OCH3 is 2. The van der Waals surface area contributed by atoms with Crippen molar-refractivity contribution in [1.82, 2.24) is 4.98 Å². The van der Waals surface area contributed by atoms with E-state index in [0.29, 0.717) is 11.4 Å². The minimum atomic E-state index is -0.464. The summed E-state index contributed by atoms with van der Waals surface area (Å²) in [5.41, 5.74) is 1.57. The second-order valence-corrected chi connectivity index (χ2v) is 5.23. The van der Waals surface area contributed by atoms with Crippen LogP contribution in [-0.4, -0.2) is 19.2 Å². The quantitative estimate of drug-likeness (QED) is 0.787. The first-order chi connectivity index (χ1) is 9.13. The van der Waals surface area contributed by atoms with Crippen LogP contribution in [-0.2, 0) is 15.9 Å². The van der Waals surface area contributed by atoms with Crippen molar-refractivity contribution in [3.8, 4) is 0 Å². The van der Waals surface area contributed by atoms with Crippen LogP contribution in [0.25, 0.3) is 0 Å². The number of rotatable bonds is 5. The van der Waals surface area contributed by atoms with E-state index in [4.69, 9.17) is 21.1 Å². The van der Waals surface area contributed by atoms with Crippen LogP contribution in [0, 0.1) is 5.82 Å². The van der Waals surface area contributed by atoms with Crippen molar-refractivity contribution < 1.29 is 13.9 Å². The fraction of sp³-hybridized carbons (Fsp3) is 0.308. The lowest BCUT2D eigenvalue weighted by molar-refractivity contribution is -0.108. The molecule has 3 nitrogen and oxygen atoms in total. The molecule has 1 aromatic heterocycles. The molecule has 0 spiro atoms. The van der Waals surface area contributed by atoms with Crippen molar-refractivity contribution in [3.05, 3.63) is 50.7 Å². The van der Waals surface area contributed by atoms with Crippen LogP contribution in [0.5, 0.6) is 0 Å². The molecule has 2 rings (SSSR count). The molecule has 0 aliphatic rings. The van der Waals surface area contributed by atoms with Gasteiger partial charge in [-0.05, 0) is 17.7 Å². The molecule has 0 bridgehead atoms. The molecule has 0 aliphatic carbocycles. The van der Waals surface area contributed by atoms with Gasteiger partial charge in [0, 0.05) is 31.0 Å². The summed E-state index contributed by atoms with van der Waals surface area (Å²) in [5.74, 6) is -0.340. The lowest BCUT2D eigenvalue weighted by atomic mass is 10.1. The molecule has 0 unspecified atom stereocenters. The molecular weight excluding hydrogens is 289 g/mol. The van der Waals surface area contributed by atoms with Gasteiger partial charge in [-0.2, -0.15) is 0 Å². The zero-order chi connectivity index (χ0) is 13.8. The molecule has 2 aromatic rings. The van der Waals surface area contributed by atoms with Crippen LogP contribution < -0.4 is 0 Å². The fourth-order valence-electron chi connectivity index (χ4n) is 1.68. The van der Waals surface area contributed by atoms with Gasteiger partial charge in [0.25, 0.3) is 0 Å². The minimum Gasteiger partial charge on any atom is -0.350 e. The Labute approximate surface area is 120 Å². The Balaban J connectivity index is 2.15. The first-order valence-electron chi connectivity index (χ1n) is 5.58. The average molecular weight is 302 g/mol. The topological polar surface area (TPSA) is 31.4 Å². The minimum absolute atomic E-state index is 0.340. The van der Waals surface area contributed by atoms with Crippen LogP contribution in [0.1, 0.15) is 22.6 Å². The summed E-state index contributed by atoms with van der Waals surface area (Å²) in [5, 5.41) is 3.17. The summed E-state index contributed by atoms with van der Waals surface area (Å²) >= 11 is 7.48. The van der Waals surface area contributed by atoms with Gasteiger partial charge in [-0.3, -0.25) is 0 Å². The lowest BCUT2D eigenvalue weighted by Gasteiger charge is -2.09. The summed E-state index contributed by atoms with van der Waals surface area (Å²) in [7, 11) is 3.12. The van der Waals surface area contributed by atoms with Crippen molar-refractivity contribution in [2.45, 2.75) is 12.7 Å². The highest BCUT2D eigenvalue weighted by molar-refractivity contribution is 7.09. The van der Waals surface area contributed by atoms with Crippen LogP contribution in [0.3, 0.4) is 0 Å². The molecule has 1 heterocycles. The predicted octanol–water partition coefficient (Wildman–Crippen LogP) is 3.82. The molecule has 0 N–H and O–H groups in total. The molecule has 0 saturated carbocycles. The first kappa shape index (κ1) is 14.4. The van der Waals surface area contributed by atoms with E-state index in [-0.39, 0.29) is 5.82 Å². The van der Waals surface area contributed by atoms with Gasteiger partial charge in [0.15, 0.2) is 0 Å². The standard InChI is InChI=1S/C13H13ClFNO2S/c1-17-13(18-2)11-7-19-12(16-11)5-8-3-4-9(15)6-10(8)14/h3-4,6-7,13H,5H2,1-2H3. The van der Waals surface area contributed by atoms with E-state index in [1.54, 1.807) is 20.3 Å². The van der Waals surface area contributed by atoms with Crippen LogP contribution >= 0.6 is 22.9 Å². The maximum atomic E-state index is 13.0. The third-order valence-corrected chi connectivity index (χ3v) is 3.81. The summed E-state index contributed by atoms with van der Waals surface area (Å²) in [4.78, 5) is 4.43. The van der Waals surface area contributed by atoms with E-state index in [2.05, 4.69) is 4.98 Å². The van der Waals surface area contributed by atoms with Gasteiger partial charge in [0.2, 0.25) is 6.29 Å². The largest absolute Gasteiger partial charge is 0.350 e. The number of aromatic nitrogens is 1. The van der Waals surface area contributed by atoms with Gasteiger partial charge in [-0.1, -0.05) is 17.7 Å². The highest BCUT2D eigenvalue weighted by Crippen LogP contribution is 2.25. The summed E-state index contributed by atoms with van der Waals surface area (Å²) in [6.45, 7) is 0. The van der Waals surface area contributed by atoms with Crippen LogP contribution in [0.4, 0.5) is 4.39 Å². The normalized spacial score (nSPS) is 11.2. The lowest BCUT2D eigenvalue weighted by Crippen LogP contribution is -2.04. The molecular formula is C13H13ClFNO2S. The molecule has 0 fully saturated rings. The van der Waals surface area contributed by atoms with Gasteiger partial charge in [0.1, 0.15) is 11.5 Å². The number of halogens is 2. The second-order valence-electron chi connectivity index (χ2n) is 3.88. The number of thiazole rings is 1. The van der Waals surface area contributed by atoms with Gasteiger partial charge >= 0.3 is 0 Å². The second kappa shape index (κ2) is 6.43. The van der Waals surface area contributed by atoms with Gasteiger partial charge in [-0.15, -0.1) is 11.3 Å². The maximum absolute atomic E-state index is 13.0. The number of hydrogen-bond acceptors (Lipinski definition) is 4. The van der Waals surface area contributed by atoms with E-state index in [9.17, 15) is 4.39 Å². The van der Waals surface area contributed by atoms with Gasteiger partial charge in [0.05, 0.1) is 5.01 Å². The smallest absolute Gasteiger partial charge is 0.201 e. The summed E-state index contributed by atoms with van der Waals surface area (Å²) in [6, 6.07) is 4.37. The summed E-state index contributed by atoms with van der Waals surface area (Å²) in [6.07, 6.45) is 0.0953. The molecule has 0 radical (unpaired) electrons. The number of ether oxygens (including phenoxy) is 2. The summed E-state index contributed by atoms with van der Waals surface area (Å²) < 4.78 is 23.2. The van der Waals surface area contributed by atoms with Crippen molar-refractivity contribution in [3.63, 3.8) is 0 Å². The molecule has 1 aromatic carbocycles. The highest BCUT2D eigenvalue weighted by Gasteiger charge is 2.14. The van der Waals surface area contributed by atoms with E-state index in [1.807, 2.05) is 5.38 Å². The predicted molar refractivity (Wildman–Crippen MR) is 73.1 cm³/mol. The number of nitrogens with zero attached hydrogens (tertiary/aromatic N) is 1. The van der Waals surface area contributed by atoms with Crippen LogP contribution in [0.15, 0.2) is 23.6 Å². The Morgan fingerprint density at radius 3 is 2.74 bits per heavy atom. The SMILES string of the molecule is COC(OC)c1csc(Cc2ccc(F)cc2Cl)n1. The van der Waals surface area contributed by atoms with E-state index < -0.39 is 6.29 Å².